The van der Waals surface area contributed by atoms with E-state index >= 15 is 0 Å². The van der Waals surface area contributed by atoms with Gasteiger partial charge in [-0.25, -0.2) is 5.01 Å². The molecule has 0 radical (unpaired) electrons. The molecule has 0 bridgehead atoms. The van der Waals surface area contributed by atoms with Gasteiger partial charge in [0.05, 0.1) is 16.6 Å². The van der Waals surface area contributed by atoms with Crippen LogP contribution in [0.15, 0.2) is 48.5 Å². The molecule has 2 aromatic rings. The number of carbonyl (C=O) groups excluding carboxylic acids is 1. The van der Waals surface area contributed by atoms with Gasteiger partial charge in [-0.05, 0) is 36.6 Å². The second-order valence-electron chi connectivity index (χ2n) is 8.05. The predicted molar refractivity (Wildman–Crippen MR) is 119 cm³/mol. The number of nitrogens with zero attached hydrogens (tertiary/aromatic N) is 2. The normalized spacial score (nSPS) is 20.8. The topological polar surface area (TPSA) is 35.6 Å². The van der Waals surface area contributed by atoms with Gasteiger partial charge in [-0.3, -0.25) is 4.79 Å². The van der Waals surface area contributed by atoms with Crippen molar-refractivity contribution in [3.63, 3.8) is 0 Å². The van der Waals surface area contributed by atoms with Crippen LogP contribution in [0.4, 0.5) is 5.69 Å². The fraction of sp³-hybridized carbons (Fsp3) is 0.435. The maximum Gasteiger partial charge on any atom is 0.226 e. The summed E-state index contributed by atoms with van der Waals surface area (Å²) in [6.07, 6.45) is 5.89. The van der Waals surface area contributed by atoms with Crippen LogP contribution < -0.4 is 10.3 Å². The third kappa shape index (κ3) is 5.06. The minimum Gasteiger partial charge on any atom is -0.353 e. The van der Waals surface area contributed by atoms with E-state index in [4.69, 9.17) is 23.2 Å². The first-order chi connectivity index (χ1) is 14.1. The quantitative estimate of drug-likeness (QED) is 0.697. The van der Waals surface area contributed by atoms with Crippen molar-refractivity contribution < 1.29 is 4.79 Å². The molecule has 1 aliphatic carbocycles. The van der Waals surface area contributed by atoms with E-state index in [1.807, 2.05) is 30.3 Å². The van der Waals surface area contributed by atoms with Crippen LogP contribution in [0.1, 0.15) is 37.7 Å². The van der Waals surface area contributed by atoms with Crippen LogP contribution >= 0.6 is 23.2 Å². The monoisotopic (exact) mass is 431 g/mol. The summed E-state index contributed by atoms with van der Waals surface area (Å²) in [4.78, 5) is 13.0. The van der Waals surface area contributed by atoms with Gasteiger partial charge in [-0.15, -0.1) is 0 Å². The van der Waals surface area contributed by atoms with Crippen LogP contribution in [0.2, 0.25) is 10.0 Å². The predicted octanol–water partition coefficient (Wildman–Crippen LogP) is 5.30. The first-order valence-corrected chi connectivity index (χ1v) is 11.2. The molecule has 6 heteroatoms. The molecule has 1 heterocycles. The van der Waals surface area contributed by atoms with Gasteiger partial charge < -0.3 is 10.3 Å². The summed E-state index contributed by atoms with van der Waals surface area (Å²) in [5.41, 5.74) is 2.09. The Morgan fingerprint density at radius 1 is 1.00 bits per heavy atom. The van der Waals surface area contributed by atoms with E-state index in [0.717, 1.165) is 25.1 Å². The maximum absolute atomic E-state index is 13.0. The summed E-state index contributed by atoms with van der Waals surface area (Å²) in [5.74, 6) is 0.0648. The minimum absolute atomic E-state index is 0.0904. The lowest BCUT2D eigenvalue weighted by Gasteiger charge is -2.30. The molecule has 29 heavy (non-hydrogen) atoms. The molecule has 0 spiro atoms. The Hall–Kier alpha value is -1.75. The van der Waals surface area contributed by atoms with Gasteiger partial charge >= 0.3 is 0 Å². The highest BCUT2D eigenvalue weighted by molar-refractivity contribution is 6.36. The SMILES string of the molecule is O=C(NC1CCCCC1)C1CN(Cc2ccccc2)N(c2ccc(Cl)cc2Cl)C1. The molecule has 2 aromatic carbocycles. The van der Waals surface area contributed by atoms with Crippen molar-refractivity contribution in [3.05, 3.63) is 64.1 Å². The van der Waals surface area contributed by atoms with Crippen LogP contribution in [0.5, 0.6) is 0 Å². The second kappa shape index (κ2) is 9.38. The van der Waals surface area contributed by atoms with Gasteiger partial charge in [0.1, 0.15) is 0 Å². The van der Waals surface area contributed by atoms with Crippen LogP contribution in [0.25, 0.3) is 0 Å². The van der Waals surface area contributed by atoms with Crippen molar-refractivity contribution in [2.24, 2.45) is 5.92 Å². The third-order valence-electron chi connectivity index (χ3n) is 5.88. The Bertz CT molecular complexity index is 839. The summed E-state index contributed by atoms with van der Waals surface area (Å²) in [6.45, 7) is 2.02. The molecule has 2 fully saturated rings. The third-order valence-corrected chi connectivity index (χ3v) is 6.42. The average molecular weight is 432 g/mol. The van der Waals surface area contributed by atoms with Crippen LogP contribution in [-0.4, -0.2) is 30.0 Å². The smallest absolute Gasteiger partial charge is 0.226 e. The van der Waals surface area contributed by atoms with Crippen molar-refractivity contribution in [1.82, 2.24) is 10.3 Å². The minimum atomic E-state index is -0.0904. The van der Waals surface area contributed by atoms with Gasteiger partial charge in [-0.2, -0.15) is 0 Å². The number of hydrazine groups is 1. The zero-order valence-electron chi connectivity index (χ0n) is 16.5. The summed E-state index contributed by atoms with van der Waals surface area (Å²) in [6, 6.07) is 16.2. The molecule has 0 aromatic heterocycles. The van der Waals surface area contributed by atoms with E-state index in [1.54, 1.807) is 6.07 Å². The Morgan fingerprint density at radius 3 is 2.48 bits per heavy atom. The van der Waals surface area contributed by atoms with E-state index in [2.05, 4.69) is 27.5 Å². The van der Waals surface area contributed by atoms with E-state index < -0.39 is 0 Å². The molecular formula is C23H27Cl2N3O. The van der Waals surface area contributed by atoms with Crippen LogP contribution in [-0.2, 0) is 11.3 Å². The van der Waals surface area contributed by atoms with Crippen molar-refractivity contribution in [3.8, 4) is 0 Å². The molecule has 4 nitrogen and oxygen atoms in total. The number of halogens is 2. The van der Waals surface area contributed by atoms with Crippen molar-refractivity contribution in [2.75, 3.05) is 18.1 Å². The highest BCUT2D eigenvalue weighted by atomic mass is 35.5. The molecule has 154 valence electrons. The van der Waals surface area contributed by atoms with E-state index in [-0.39, 0.29) is 11.8 Å². The molecule has 2 aliphatic rings. The summed E-state index contributed by atoms with van der Waals surface area (Å²) in [7, 11) is 0. The zero-order valence-corrected chi connectivity index (χ0v) is 18.0. The number of rotatable bonds is 5. The second-order valence-corrected chi connectivity index (χ2v) is 8.89. The van der Waals surface area contributed by atoms with Crippen molar-refractivity contribution >= 4 is 34.8 Å². The first kappa shape index (κ1) is 20.5. The summed E-state index contributed by atoms with van der Waals surface area (Å²) in [5, 5.41) is 8.86. The van der Waals surface area contributed by atoms with E-state index in [0.29, 0.717) is 29.2 Å². The van der Waals surface area contributed by atoms with Gasteiger partial charge in [0.2, 0.25) is 5.91 Å². The molecule has 1 N–H and O–H groups in total. The van der Waals surface area contributed by atoms with Crippen LogP contribution in [0, 0.1) is 5.92 Å². The number of nitrogens with one attached hydrogen (secondary N) is 1. The summed E-state index contributed by atoms with van der Waals surface area (Å²) < 4.78 is 0. The Labute approximate surface area is 182 Å². The number of amides is 1. The lowest BCUT2D eigenvalue weighted by molar-refractivity contribution is -0.125. The lowest BCUT2D eigenvalue weighted by atomic mass is 9.95. The molecule has 1 saturated heterocycles. The first-order valence-electron chi connectivity index (χ1n) is 10.4. The van der Waals surface area contributed by atoms with E-state index in [1.165, 1.54) is 24.8 Å². The fourth-order valence-corrected chi connectivity index (χ4v) is 4.86. The zero-order chi connectivity index (χ0) is 20.2. The van der Waals surface area contributed by atoms with E-state index in [9.17, 15) is 4.79 Å². The molecular weight excluding hydrogens is 405 g/mol. The van der Waals surface area contributed by atoms with Gasteiger partial charge in [-0.1, -0.05) is 72.8 Å². The van der Waals surface area contributed by atoms with Crippen molar-refractivity contribution in [2.45, 2.75) is 44.7 Å². The largest absolute Gasteiger partial charge is 0.353 e. The average Bonchev–Trinajstić information content (AvgIpc) is 3.13. The number of anilines is 1. The van der Waals surface area contributed by atoms with Gasteiger partial charge in [0.15, 0.2) is 0 Å². The fourth-order valence-electron chi connectivity index (χ4n) is 4.35. The Morgan fingerprint density at radius 2 is 1.76 bits per heavy atom. The highest BCUT2D eigenvalue weighted by Crippen LogP contribution is 2.34. The summed E-state index contributed by atoms with van der Waals surface area (Å²) >= 11 is 12.6. The molecule has 1 atom stereocenters. The molecule has 1 aliphatic heterocycles. The lowest BCUT2D eigenvalue weighted by Crippen LogP contribution is -2.41. The van der Waals surface area contributed by atoms with Crippen LogP contribution in [0.3, 0.4) is 0 Å². The maximum atomic E-state index is 13.0. The van der Waals surface area contributed by atoms with Gasteiger partial charge in [0, 0.05) is 30.7 Å². The Balaban J connectivity index is 1.52. The van der Waals surface area contributed by atoms with Gasteiger partial charge in [0.25, 0.3) is 0 Å². The molecule has 1 unspecified atom stereocenters. The number of benzene rings is 2. The molecule has 4 rings (SSSR count). The number of hydrogen-bond donors (Lipinski definition) is 1. The molecule has 1 amide bonds. The molecule has 1 saturated carbocycles. The Kier molecular flexibility index (Phi) is 6.63. The number of carbonyl (C=O) groups is 1. The highest BCUT2D eigenvalue weighted by Gasteiger charge is 2.36. The number of hydrogen-bond acceptors (Lipinski definition) is 3. The standard InChI is InChI=1S/C23H27Cl2N3O/c24-19-11-12-22(21(25)13-19)28-16-18(23(29)26-20-9-5-2-6-10-20)15-27(28)14-17-7-3-1-4-8-17/h1,3-4,7-8,11-13,18,20H,2,5-6,9-10,14-16H2,(H,26,29). The van der Waals surface area contributed by atoms with Crippen molar-refractivity contribution in [1.29, 1.82) is 0 Å².